The van der Waals surface area contributed by atoms with Gasteiger partial charge in [0, 0.05) is 12.6 Å². The molecule has 19 heavy (non-hydrogen) atoms. The number of hydrogen-bond acceptors (Lipinski definition) is 3. The predicted molar refractivity (Wildman–Crippen MR) is 77.8 cm³/mol. The lowest BCUT2D eigenvalue weighted by molar-refractivity contribution is -0.0149. The molecule has 1 aromatic carbocycles. The van der Waals surface area contributed by atoms with Gasteiger partial charge in [0.2, 0.25) is 0 Å². The predicted octanol–water partition coefficient (Wildman–Crippen LogP) is 2.78. The van der Waals surface area contributed by atoms with Gasteiger partial charge in [-0.05, 0) is 37.4 Å². The first-order chi connectivity index (χ1) is 9.35. The first-order valence-corrected chi connectivity index (χ1v) is 7.40. The van der Waals surface area contributed by atoms with Gasteiger partial charge >= 0.3 is 0 Å². The summed E-state index contributed by atoms with van der Waals surface area (Å²) in [7, 11) is 0. The second-order valence-corrected chi connectivity index (χ2v) is 5.04. The first kappa shape index (κ1) is 14.4. The van der Waals surface area contributed by atoms with Crippen LogP contribution in [0.1, 0.15) is 32.3 Å². The quantitative estimate of drug-likeness (QED) is 0.856. The van der Waals surface area contributed by atoms with Crippen molar-refractivity contribution in [3.63, 3.8) is 0 Å². The van der Waals surface area contributed by atoms with Gasteiger partial charge in [-0.25, -0.2) is 0 Å². The fraction of sp³-hybridized carbons (Fsp3) is 0.625. The van der Waals surface area contributed by atoms with E-state index in [0.717, 1.165) is 38.2 Å². The van der Waals surface area contributed by atoms with E-state index in [1.54, 1.807) is 0 Å². The summed E-state index contributed by atoms with van der Waals surface area (Å²) < 4.78 is 11.8. The molecule has 3 heteroatoms. The van der Waals surface area contributed by atoms with Crippen molar-refractivity contribution in [3.05, 3.63) is 29.8 Å². The molecule has 1 saturated heterocycles. The van der Waals surface area contributed by atoms with Gasteiger partial charge in [-0.2, -0.15) is 0 Å². The Morgan fingerprint density at radius 2 is 2.16 bits per heavy atom. The molecule has 0 amide bonds. The van der Waals surface area contributed by atoms with Crippen LogP contribution in [0.15, 0.2) is 24.3 Å². The van der Waals surface area contributed by atoms with Crippen LogP contribution in [0.25, 0.3) is 0 Å². The summed E-state index contributed by atoms with van der Waals surface area (Å²) in [4.78, 5) is 0. The van der Waals surface area contributed by atoms with Crippen LogP contribution >= 0.6 is 0 Å². The molecule has 0 radical (unpaired) electrons. The Balaban J connectivity index is 2.02. The third-order valence-electron chi connectivity index (χ3n) is 3.59. The van der Waals surface area contributed by atoms with Gasteiger partial charge in [0.15, 0.2) is 0 Å². The Labute approximate surface area is 116 Å². The number of aryl methyl sites for hydroxylation is 1. The van der Waals surface area contributed by atoms with Gasteiger partial charge < -0.3 is 14.8 Å². The van der Waals surface area contributed by atoms with Crippen molar-refractivity contribution in [3.8, 4) is 5.75 Å². The van der Waals surface area contributed by atoms with E-state index in [2.05, 4.69) is 37.4 Å². The molecule has 2 rings (SSSR count). The summed E-state index contributed by atoms with van der Waals surface area (Å²) in [5.41, 5.74) is 1.27. The molecule has 3 nitrogen and oxygen atoms in total. The zero-order valence-corrected chi connectivity index (χ0v) is 12.0. The topological polar surface area (TPSA) is 30.5 Å². The molecule has 0 aliphatic carbocycles. The van der Waals surface area contributed by atoms with Crippen molar-refractivity contribution < 1.29 is 9.47 Å². The smallest absolute Gasteiger partial charge is 0.137 e. The van der Waals surface area contributed by atoms with Crippen LogP contribution in [-0.2, 0) is 11.2 Å². The second kappa shape index (κ2) is 7.51. The third kappa shape index (κ3) is 3.95. The van der Waals surface area contributed by atoms with Crippen molar-refractivity contribution >= 4 is 0 Å². The Kier molecular flexibility index (Phi) is 5.67. The van der Waals surface area contributed by atoms with Gasteiger partial charge in [-0.3, -0.25) is 0 Å². The monoisotopic (exact) mass is 263 g/mol. The summed E-state index contributed by atoms with van der Waals surface area (Å²) in [5, 5.41) is 3.57. The lowest BCUT2D eigenvalue weighted by atomic mass is 10.1. The standard InChI is InChI=1S/C16H25NO2/c1-3-10-17-14-9-11-18-12-16(14)19-15-8-6-5-7-13(15)4-2/h5-8,14,16-17H,3-4,9-12H2,1-2H3. The Hall–Kier alpha value is -1.06. The largest absolute Gasteiger partial charge is 0.486 e. The van der Waals surface area contributed by atoms with Crippen LogP contribution < -0.4 is 10.1 Å². The van der Waals surface area contributed by atoms with E-state index >= 15 is 0 Å². The fourth-order valence-electron chi connectivity index (χ4n) is 2.47. The zero-order chi connectivity index (χ0) is 13.5. The van der Waals surface area contributed by atoms with Gasteiger partial charge in [-0.15, -0.1) is 0 Å². The second-order valence-electron chi connectivity index (χ2n) is 5.04. The summed E-state index contributed by atoms with van der Waals surface area (Å²) in [6, 6.07) is 8.69. The molecule has 1 N–H and O–H groups in total. The number of ether oxygens (including phenoxy) is 2. The molecule has 1 aliphatic rings. The molecular weight excluding hydrogens is 238 g/mol. The maximum atomic E-state index is 6.20. The van der Waals surface area contributed by atoms with Crippen molar-refractivity contribution in [2.24, 2.45) is 0 Å². The Morgan fingerprint density at radius 3 is 2.95 bits per heavy atom. The molecule has 1 aromatic rings. The van der Waals surface area contributed by atoms with Gasteiger partial charge in [0.1, 0.15) is 11.9 Å². The van der Waals surface area contributed by atoms with E-state index in [-0.39, 0.29) is 6.10 Å². The molecule has 1 fully saturated rings. The van der Waals surface area contributed by atoms with Crippen molar-refractivity contribution in [2.45, 2.75) is 45.3 Å². The molecule has 1 aliphatic heterocycles. The van der Waals surface area contributed by atoms with Crippen molar-refractivity contribution in [1.29, 1.82) is 0 Å². The minimum Gasteiger partial charge on any atom is -0.486 e. The molecule has 106 valence electrons. The lowest BCUT2D eigenvalue weighted by Crippen LogP contribution is -2.49. The van der Waals surface area contributed by atoms with Gasteiger partial charge in [0.05, 0.1) is 6.61 Å². The molecule has 0 spiro atoms. The van der Waals surface area contributed by atoms with Crippen LogP contribution in [0, 0.1) is 0 Å². The summed E-state index contributed by atoms with van der Waals surface area (Å²) in [6.45, 7) is 6.90. The van der Waals surface area contributed by atoms with Crippen molar-refractivity contribution in [2.75, 3.05) is 19.8 Å². The number of rotatable bonds is 6. The molecule has 0 bridgehead atoms. The molecule has 2 atom stereocenters. The highest BCUT2D eigenvalue weighted by atomic mass is 16.5. The summed E-state index contributed by atoms with van der Waals surface area (Å²) in [5.74, 6) is 1.00. The minimum absolute atomic E-state index is 0.119. The highest BCUT2D eigenvalue weighted by Crippen LogP contribution is 2.22. The first-order valence-electron chi connectivity index (χ1n) is 7.40. The Morgan fingerprint density at radius 1 is 1.32 bits per heavy atom. The molecule has 0 saturated carbocycles. The maximum absolute atomic E-state index is 6.20. The van der Waals surface area contributed by atoms with E-state index in [1.807, 2.05) is 6.07 Å². The highest BCUT2D eigenvalue weighted by Gasteiger charge is 2.27. The molecular formula is C16H25NO2. The lowest BCUT2D eigenvalue weighted by Gasteiger charge is -2.33. The maximum Gasteiger partial charge on any atom is 0.137 e. The van der Waals surface area contributed by atoms with E-state index < -0.39 is 0 Å². The summed E-state index contributed by atoms with van der Waals surface area (Å²) >= 11 is 0. The van der Waals surface area contributed by atoms with E-state index in [9.17, 15) is 0 Å². The SMILES string of the molecule is CCCNC1CCOCC1Oc1ccccc1CC. The molecule has 1 heterocycles. The number of hydrogen-bond donors (Lipinski definition) is 1. The fourth-order valence-corrected chi connectivity index (χ4v) is 2.47. The van der Waals surface area contributed by atoms with Crippen LogP contribution in [-0.4, -0.2) is 31.9 Å². The Bertz CT molecular complexity index is 381. The van der Waals surface area contributed by atoms with Crippen LogP contribution in [0.5, 0.6) is 5.75 Å². The molecule has 0 aromatic heterocycles. The van der Waals surface area contributed by atoms with E-state index in [4.69, 9.17) is 9.47 Å². The number of para-hydroxylation sites is 1. The average Bonchev–Trinajstić information content (AvgIpc) is 2.47. The summed E-state index contributed by atoms with van der Waals surface area (Å²) in [6.07, 6.45) is 3.29. The average molecular weight is 263 g/mol. The molecule has 2 unspecified atom stereocenters. The van der Waals surface area contributed by atoms with E-state index in [0.29, 0.717) is 12.6 Å². The van der Waals surface area contributed by atoms with Crippen molar-refractivity contribution in [1.82, 2.24) is 5.32 Å². The van der Waals surface area contributed by atoms with Crippen LogP contribution in [0.3, 0.4) is 0 Å². The van der Waals surface area contributed by atoms with E-state index in [1.165, 1.54) is 5.56 Å². The number of nitrogens with one attached hydrogen (secondary N) is 1. The van der Waals surface area contributed by atoms with Crippen LogP contribution in [0.2, 0.25) is 0 Å². The van der Waals surface area contributed by atoms with Gasteiger partial charge in [-0.1, -0.05) is 32.0 Å². The third-order valence-corrected chi connectivity index (χ3v) is 3.59. The minimum atomic E-state index is 0.119. The number of benzene rings is 1. The highest BCUT2D eigenvalue weighted by molar-refractivity contribution is 5.33. The van der Waals surface area contributed by atoms with Gasteiger partial charge in [0.25, 0.3) is 0 Å². The zero-order valence-electron chi connectivity index (χ0n) is 12.0. The van der Waals surface area contributed by atoms with Crippen LogP contribution in [0.4, 0.5) is 0 Å². The normalized spacial score (nSPS) is 23.3.